The summed E-state index contributed by atoms with van der Waals surface area (Å²) in [6.07, 6.45) is 3.71. The van der Waals surface area contributed by atoms with Crippen molar-refractivity contribution in [3.05, 3.63) is 66.0 Å². The monoisotopic (exact) mass is 336 g/mol. The number of aromatic nitrogens is 2. The van der Waals surface area contributed by atoms with Crippen molar-refractivity contribution in [2.45, 2.75) is 13.5 Å². The zero-order valence-electron chi connectivity index (χ0n) is 14.5. The lowest BCUT2D eigenvalue weighted by molar-refractivity contribution is 0.101. The van der Waals surface area contributed by atoms with Gasteiger partial charge in [-0.05, 0) is 24.6 Å². The normalized spacial score (nSPS) is 10.5. The maximum Gasteiger partial charge on any atom is 0.168 e. The molecule has 25 heavy (non-hydrogen) atoms. The minimum Gasteiger partial charge on any atom is -0.493 e. The lowest BCUT2D eigenvalue weighted by Gasteiger charge is -2.13. The third-order valence-corrected chi connectivity index (χ3v) is 4.02. The van der Waals surface area contributed by atoms with E-state index in [1.165, 1.54) is 12.5 Å². The Balaban J connectivity index is 2.01. The van der Waals surface area contributed by atoms with Crippen LogP contribution < -0.4 is 9.47 Å². The molecule has 0 amide bonds. The van der Waals surface area contributed by atoms with Crippen molar-refractivity contribution in [2.75, 3.05) is 14.2 Å². The highest BCUT2D eigenvalue weighted by atomic mass is 16.5. The summed E-state index contributed by atoms with van der Waals surface area (Å²) in [5.41, 5.74) is 3.39. The molecule has 0 aliphatic heterocycles. The summed E-state index contributed by atoms with van der Waals surface area (Å²) in [4.78, 5) is 11.8. The molecule has 3 aromatic rings. The van der Waals surface area contributed by atoms with Gasteiger partial charge in [0, 0.05) is 22.9 Å². The van der Waals surface area contributed by atoms with Gasteiger partial charge >= 0.3 is 0 Å². The van der Waals surface area contributed by atoms with Crippen LogP contribution in [-0.2, 0) is 6.54 Å². The summed E-state index contributed by atoms with van der Waals surface area (Å²) < 4.78 is 12.8. The molecule has 0 radical (unpaired) electrons. The average Bonchev–Trinajstić information content (AvgIpc) is 3.09. The van der Waals surface area contributed by atoms with Gasteiger partial charge in [-0.1, -0.05) is 30.3 Å². The number of Topliss-reactive ketones (excluding diaryl/α,β-unsaturated/α-hetero) is 1. The number of carbonyl (C=O) groups is 1. The molecule has 0 saturated heterocycles. The van der Waals surface area contributed by atoms with E-state index in [9.17, 15) is 4.79 Å². The number of nitrogens with zero attached hydrogens (tertiary/aromatic N) is 2. The van der Waals surface area contributed by atoms with Crippen molar-refractivity contribution >= 4 is 5.78 Å². The molecular formula is C20H20N2O3. The molecule has 0 aliphatic rings. The van der Waals surface area contributed by atoms with Crippen LogP contribution in [0.1, 0.15) is 22.8 Å². The second-order valence-corrected chi connectivity index (χ2v) is 5.73. The van der Waals surface area contributed by atoms with Crippen LogP contribution >= 0.6 is 0 Å². The molecule has 2 aromatic carbocycles. The van der Waals surface area contributed by atoms with E-state index in [0.29, 0.717) is 23.6 Å². The summed E-state index contributed by atoms with van der Waals surface area (Å²) in [6.45, 7) is 2.20. The number of ether oxygens (including phenoxy) is 2. The summed E-state index contributed by atoms with van der Waals surface area (Å²) >= 11 is 0. The molecule has 1 heterocycles. The van der Waals surface area contributed by atoms with Crippen LogP contribution in [0.5, 0.6) is 11.5 Å². The standard InChI is InChI=1S/C20H20N2O3/c1-14(23)16-9-18(20(25-3)19(10-16)24-2)17-11-21-22(13-17)12-15-7-5-4-6-8-15/h4-11,13H,12H2,1-3H3. The largest absolute Gasteiger partial charge is 0.493 e. The van der Waals surface area contributed by atoms with E-state index in [2.05, 4.69) is 17.2 Å². The summed E-state index contributed by atoms with van der Waals surface area (Å²) in [5, 5.41) is 4.43. The second kappa shape index (κ2) is 7.21. The molecule has 0 unspecified atom stereocenters. The molecular weight excluding hydrogens is 316 g/mol. The van der Waals surface area contributed by atoms with E-state index in [-0.39, 0.29) is 5.78 Å². The Morgan fingerprint density at radius 1 is 1.12 bits per heavy atom. The predicted octanol–water partition coefficient (Wildman–Crippen LogP) is 3.82. The zero-order chi connectivity index (χ0) is 17.8. The maximum absolute atomic E-state index is 11.8. The van der Waals surface area contributed by atoms with Crippen LogP contribution in [0, 0.1) is 0 Å². The molecule has 0 atom stereocenters. The summed E-state index contributed by atoms with van der Waals surface area (Å²) in [5.74, 6) is 1.09. The van der Waals surface area contributed by atoms with Crippen LogP contribution in [0.15, 0.2) is 54.9 Å². The number of hydrogen-bond donors (Lipinski definition) is 0. The first-order valence-corrected chi connectivity index (χ1v) is 7.96. The third-order valence-electron chi connectivity index (χ3n) is 4.02. The van der Waals surface area contributed by atoms with Crippen molar-refractivity contribution < 1.29 is 14.3 Å². The van der Waals surface area contributed by atoms with E-state index in [4.69, 9.17) is 9.47 Å². The molecule has 3 rings (SSSR count). The zero-order valence-corrected chi connectivity index (χ0v) is 14.5. The molecule has 5 nitrogen and oxygen atoms in total. The Kier molecular flexibility index (Phi) is 4.84. The molecule has 0 saturated carbocycles. The van der Waals surface area contributed by atoms with Crippen molar-refractivity contribution in [3.63, 3.8) is 0 Å². The van der Waals surface area contributed by atoms with Gasteiger partial charge in [-0.2, -0.15) is 5.10 Å². The fourth-order valence-electron chi connectivity index (χ4n) is 2.74. The minimum atomic E-state index is -0.0288. The fourth-order valence-corrected chi connectivity index (χ4v) is 2.74. The van der Waals surface area contributed by atoms with Crippen LogP contribution in [0.2, 0.25) is 0 Å². The van der Waals surface area contributed by atoms with Gasteiger partial charge in [-0.25, -0.2) is 0 Å². The van der Waals surface area contributed by atoms with Gasteiger partial charge in [-0.15, -0.1) is 0 Å². The smallest absolute Gasteiger partial charge is 0.168 e. The van der Waals surface area contributed by atoms with Gasteiger partial charge < -0.3 is 9.47 Å². The molecule has 0 fully saturated rings. The van der Waals surface area contributed by atoms with Crippen molar-refractivity contribution in [3.8, 4) is 22.6 Å². The van der Waals surface area contributed by atoms with Gasteiger partial charge in [-0.3, -0.25) is 9.48 Å². The number of ketones is 1. The van der Waals surface area contributed by atoms with Crippen molar-refractivity contribution in [1.29, 1.82) is 0 Å². The lowest BCUT2D eigenvalue weighted by Crippen LogP contribution is -2.00. The molecule has 5 heteroatoms. The Bertz CT molecular complexity index is 885. The Hall–Kier alpha value is -3.08. The maximum atomic E-state index is 11.8. The van der Waals surface area contributed by atoms with Crippen LogP contribution in [0.4, 0.5) is 0 Å². The van der Waals surface area contributed by atoms with E-state index in [1.807, 2.05) is 35.1 Å². The predicted molar refractivity (Wildman–Crippen MR) is 96.3 cm³/mol. The van der Waals surface area contributed by atoms with E-state index >= 15 is 0 Å². The van der Waals surface area contributed by atoms with Crippen molar-refractivity contribution in [2.24, 2.45) is 0 Å². The quantitative estimate of drug-likeness (QED) is 0.642. The topological polar surface area (TPSA) is 53.3 Å². The Morgan fingerprint density at radius 2 is 1.88 bits per heavy atom. The van der Waals surface area contributed by atoms with Gasteiger partial charge in [0.05, 0.1) is 27.0 Å². The van der Waals surface area contributed by atoms with Gasteiger partial charge in [0.15, 0.2) is 17.3 Å². The third kappa shape index (κ3) is 3.55. The van der Waals surface area contributed by atoms with Crippen LogP contribution in [0.3, 0.4) is 0 Å². The Morgan fingerprint density at radius 3 is 2.52 bits per heavy atom. The molecule has 0 aliphatic carbocycles. The highest BCUT2D eigenvalue weighted by molar-refractivity contribution is 5.97. The van der Waals surface area contributed by atoms with E-state index in [0.717, 1.165) is 11.1 Å². The Labute approximate surface area is 146 Å². The van der Waals surface area contributed by atoms with Gasteiger partial charge in [0.25, 0.3) is 0 Å². The molecule has 0 spiro atoms. The SMILES string of the molecule is COc1cc(C(C)=O)cc(-c2cnn(Cc3ccccc3)c2)c1OC. The van der Waals surface area contributed by atoms with E-state index < -0.39 is 0 Å². The fraction of sp³-hybridized carbons (Fsp3) is 0.200. The first kappa shape index (κ1) is 16.8. The molecule has 0 N–H and O–H groups in total. The number of rotatable bonds is 6. The van der Waals surface area contributed by atoms with Gasteiger partial charge in [0.1, 0.15) is 0 Å². The number of carbonyl (C=O) groups excluding carboxylic acids is 1. The molecule has 128 valence electrons. The van der Waals surface area contributed by atoms with Crippen molar-refractivity contribution in [1.82, 2.24) is 9.78 Å². The van der Waals surface area contributed by atoms with Crippen LogP contribution in [0.25, 0.3) is 11.1 Å². The molecule has 1 aromatic heterocycles. The first-order chi connectivity index (χ1) is 12.1. The highest BCUT2D eigenvalue weighted by Crippen LogP contribution is 2.39. The number of benzene rings is 2. The van der Waals surface area contributed by atoms with E-state index in [1.54, 1.807) is 26.5 Å². The second-order valence-electron chi connectivity index (χ2n) is 5.73. The summed E-state index contributed by atoms with van der Waals surface area (Å²) in [7, 11) is 3.15. The number of methoxy groups -OCH3 is 2. The average molecular weight is 336 g/mol. The highest BCUT2D eigenvalue weighted by Gasteiger charge is 2.17. The van der Waals surface area contributed by atoms with Crippen LogP contribution in [-0.4, -0.2) is 29.8 Å². The molecule has 0 bridgehead atoms. The van der Waals surface area contributed by atoms with Gasteiger partial charge in [0.2, 0.25) is 0 Å². The lowest BCUT2D eigenvalue weighted by atomic mass is 10.0. The minimum absolute atomic E-state index is 0.0288. The first-order valence-electron chi connectivity index (χ1n) is 7.96. The summed E-state index contributed by atoms with van der Waals surface area (Å²) in [6, 6.07) is 13.6. The number of hydrogen-bond acceptors (Lipinski definition) is 4.